The molecule has 0 bridgehead atoms. The number of ether oxygens (including phenoxy) is 2. The number of nitrogens with zero attached hydrogens (tertiary/aromatic N) is 1. The highest BCUT2D eigenvalue weighted by Crippen LogP contribution is 2.57. The molecule has 1 amide bonds. The Balaban J connectivity index is 0.000000583. The van der Waals surface area contributed by atoms with Crippen LogP contribution in [0.25, 0.3) is 0 Å². The Morgan fingerprint density at radius 1 is 1.18 bits per heavy atom. The monoisotopic (exact) mass is 676 g/mol. The van der Waals surface area contributed by atoms with Crippen LogP contribution >= 0.6 is 35.4 Å². The molecule has 10 heteroatoms. The second-order valence-electron chi connectivity index (χ2n) is 13.6. The summed E-state index contributed by atoms with van der Waals surface area (Å²) in [6.45, 7) is 20.8. The Bertz CT molecular complexity index is 1420. The topological polar surface area (TPSA) is 67.9 Å². The van der Waals surface area contributed by atoms with Crippen molar-refractivity contribution in [2.75, 3.05) is 19.0 Å². The molecule has 0 saturated carbocycles. The van der Waals surface area contributed by atoms with Crippen molar-refractivity contribution in [3.05, 3.63) is 75.8 Å². The third-order valence-electron chi connectivity index (χ3n) is 8.43. The van der Waals surface area contributed by atoms with Crippen LogP contribution < -0.4 is 5.32 Å². The van der Waals surface area contributed by atoms with Gasteiger partial charge in [-0.05, 0) is 69.5 Å². The van der Waals surface area contributed by atoms with Gasteiger partial charge in [-0.25, -0.2) is 0 Å². The highest BCUT2D eigenvalue weighted by atomic mass is 35.5. The maximum atomic E-state index is 14.2. The van der Waals surface area contributed by atoms with E-state index < -0.39 is 31.1 Å². The van der Waals surface area contributed by atoms with Gasteiger partial charge in [0.15, 0.2) is 0 Å². The molecule has 1 saturated heterocycles. The number of halogens is 2. The van der Waals surface area contributed by atoms with E-state index in [-0.39, 0.29) is 18.4 Å². The highest BCUT2D eigenvalue weighted by molar-refractivity contribution is 7.80. The average molecular weight is 678 g/mol. The SMILES string of the molecule is C=C(CC)[C@H]1N(CC(=O)OC(C)(C)C)C(=S)C[C@@H](c2cccc(Cl)c2)[C@]12C(=O)Nc1cc(Cl)ccc12.COC(C)[Si](C)(C)C. The first-order valence-electron chi connectivity index (χ1n) is 15.0. The number of hydrogen-bond donors (Lipinski definition) is 1. The van der Waals surface area contributed by atoms with E-state index in [0.29, 0.717) is 39.3 Å². The van der Waals surface area contributed by atoms with Gasteiger partial charge in [-0.15, -0.1) is 0 Å². The van der Waals surface area contributed by atoms with Gasteiger partial charge >= 0.3 is 5.97 Å². The summed E-state index contributed by atoms with van der Waals surface area (Å²) >= 11 is 18.6. The molecule has 1 unspecified atom stereocenters. The van der Waals surface area contributed by atoms with Gasteiger partial charge in [-0.2, -0.15) is 0 Å². The van der Waals surface area contributed by atoms with E-state index in [2.05, 4.69) is 38.5 Å². The molecule has 4 atom stereocenters. The largest absolute Gasteiger partial charge is 0.459 e. The summed E-state index contributed by atoms with van der Waals surface area (Å²) in [6.07, 6.45) is 0.972. The smallest absolute Gasteiger partial charge is 0.326 e. The molecular weight excluding hydrogens is 631 g/mol. The van der Waals surface area contributed by atoms with E-state index in [1.807, 2.05) is 56.9 Å². The maximum Gasteiger partial charge on any atom is 0.326 e. The molecule has 0 aromatic heterocycles. The molecule has 2 aliphatic heterocycles. The molecule has 44 heavy (non-hydrogen) atoms. The number of fused-ring (bicyclic) bond motifs is 2. The molecule has 1 N–H and O–H groups in total. The van der Waals surface area contributed by atoms with Crippen molar-refractivity contribution >= 4 is 66.0 Å². The van der Waals surface area contributed by atoms with Gasteiger partial charge in [-0.1, -0.05) is 92.3 Å². The lowest BCUT2D eigenvalue weighted by molar-refractivity contribution is -0.156. The Morgan fingerprint density at radius 3 is 2.34 bits per heavy atom. The van der Waals surface area contributed by atoms with Gasteiger partial charge in [0.2, 0.25) is 5.91 Å². The number of likely N-dealkylation sites (tertiary alicyclic amines) is 1. The first kappa shape index (κ1) is 36.2. The number of methoxy groups -OCH3 is 1. The fraction of sp³-hybridized carbons (Fsp3) is 0.500. The van der Waals surface area contributed by atoms with Gasteiger partial charge in [0, 0.05) is 40.9 Å². The number of carbonyl (C=O) groups is 2. The van der Waals surface area contributed by atoms with Gasteiger partial charge in [0.05, 0.1) is 19.1 Å². The zero-order chi connectivity index (χ0) is 33.2. The number of esters is 1. The molecule has 2 aromatic carbocycles. The van der Waals surface area contributed by atoms with Gasteiger partial charge in [0.1, 0.15) is 17.6 Å². The number of anilines is 1. The standard InChI is InChI=1S/C28H30Cl2N2O3S.C6H16OSi/c1-6-16(2)25-28(20-11-10-19(30)13-22(20)31-26(28)34)21(17-8-7-9-18(29)12-17)14-23(36)32(25)15-24(33)35-27(3,4)5;1-6(7-2)8(3,4)5/h7-13,21,25H,2,6,14-15H2,1,3-5H3,(H,31,34);6H,1-5H3/t21-,25+,28-;/m0./s1. The van der Waals surface area contributed by atoms with Crippen molar-refractivity contribution in [2.24, 2.45) is 0 Å². The molecule has 1 fully saturated rings. The zero-order valence-corrected chi connectivity index (χ0v) is 30.7. The second kappa shape index (κ2) is 14.0. The number of thiocarbonyl (C=S) groups is 1. The van der Waals surface area contributed by atoms with Crippen molar-refractivity contribution < 1.29 is 19.1 Å². The van der Waals surface area contributed by atoms with Crippen LogP contribution in [0.3, 0.4) is 0 Å². The first-order chi connectivity index (χ1) is 20.4. The van der Waals surface area contributed by atoms with Crippen LogP contribution in [0.5, 0.6) is 0 Å². The van der Waals surface area contributed by atoms with Crippen molar-refractivity contribution in [1.29, 1.82) is 0 Å². The van der Waals surface area contributed by atoms with Crippen molar-refractivity contribution in [3.8, 4) is 0 Å². The Hall–Kier alpha value is -2.23. The molecular formula is C34H46Cl2N2O4SSi. The summed E-state index contributed by atoms with van der Waals surface area (Å²) in [6, 6.07) is 12.4. The summed E-state index contributed by atoms with van der Waals surface area (Å²) < 4.78 is 10.8. The number of nitrogens with one attached hydrogen (secondary N) is 1. The first-order valence-corrected chi connectivity index (χ1v) is 19.7. The normalized spacial score (nSPS) is 22.1. The zero-order valence-electron chi connectivity index (χ0n) is 27.3. The lowest BCUT2D eigenvalue weighted by atomic mass is 9.58. The lowest BCUT2D eigenvalue weighted by Gasteiger charge is -2.53. The number of carbonyl (C=O) groups excluding carboxylic acids is 2. The average Bonchev–Trinajstić information content (AvgIpc) is 3.19. The van der Waals surface area contributed by atoms with Crippen LogP contribution in [0.2, 0.25) is 29.7 Å². The van der Waals surface area contributed by atoms with Crippen LogP contribution in [0.1, 0.15) is 64.5 Å². The molecule has 4 rings (SSSR count). The summed E-state index contributed by atoms with van der Waals surface area (Å²) in [7, 11) is 0.798. The molecule has 240 valence electrons. The minimum atomic E-state index is -1.11. The molecule has 6 nitrogen and oxygen atoms in total. The third-order valence-corrected chi connectivity index (χ3v) is 12.0. The maximum absolute atomic E-state index is 14.2. The van der Waals surface area contributed by atoms with Gasteiger partial charge in [-0.3, -0.25) is 9.59 Å². The summed E-state index contributed by atoms with van der Waals surface area (Å²) in [4.78, 5) is 29.6. The third kappa shape index (κ3) is 7.76. The van der Waals surface area contributed by atoms with Crippen LogP contribution in [-0.2, 0) is 24.5 Å². The predicted molar refractivity (Wildman–Crippen MR) is 189 cm³/mol. The fourth-order valence-electron chi connectivity index (χ4n) is 5.86. The summed E-state index contributed by atoms with van der Waals surface area (Å²) in [5, 5.41) is 4.16. The molecule has 2 heterocycles. The van der Waals surface area contributed by atoms with E-state index in [1.165, 1.54) is 0 Å². The Labute approximate surface area is 279 Å². The van der Waals surface area contributed by atoms with E-state index in [9.17, 15) is 9.59 Å². The molecule has 1 spiro atoms. The quantitative estimate of drug-likeness (QED) is 0.137. The fourth-order valence-corrected chi connectivity index (χ4v) is 7.28. The summed E-state index contributed by atoms with van der Waals surface area (Å²) in [5.74, 6) is -0.930. The van der Waals surface area contributed by atoms with Crippen LogP contribution in [-0.4, -0.2) is 60.9 Å². The number of amides is 1. The van der Waals surface area contributed by atoms with Gasteiger partial charge in [0.25, 0.3) is 0 Å². The van der Waals surface area contributed by atoms with Crippen LogP contribution in [0.4, 0.5) is 5.69 Å². The summed E-state index contributed by atoms with van der Waals surface area (Å²) in [5.41, 5.74) is 1.88. The Morgan fingerprint density at radius 2 is 1.82 bits per heavy atom. The predicted octanol–water partition coefficient (Wildman–Crippen LogP) is 8.58. The minimum absolute atomic E-state index is 0.0833. The number of piperidine rings is 1. The van der Waals surface area contributed by atoms with Gasteiger partial charge < -0.3 is 19.7 Å². The van der Waals surface area contributed by atoms with E-state index in [1.54, 1.807) is 25.3 Å². The van der Waals surface area contributed by atoms with Crippen molar-refractivity contribution in [3.63, 3.8) is 0 Å². The molecule has 0 radical (unpaired) electrons. The van der Waals surface area contributed by atoms with Crippen molar-refractivity contribution in [2.45, 2.75) is 95.8 Å². The number of hydrogen-bond acceptors (Lipinski definition) is 5. The number of benzene rings is 2. The minimum Gasteiger partial charge on any atom is -0.459 e. The second-order valence-corrected chi connectivity index (χ2v) is 20.5. The van der Waals surface area contributed by atoms with E-state index in [0.717, 1.165) is 16.7 Å². The van der Waals surface area contributed by atoms with Crippen molar-refractivity contribution in [1.82, 2.24) is 4.90 Å². The molecule has 2 aliphatic rings. The highest BCUT2D eigenvalue weighted by Gasteiger charge is 2.62. The van der Waals surface area contributed by atoms with Crippen LogP contribution in [0, 0.1) is 0 Å². The Kier molecular flexibility index (Phi) is 11.6. The molecule has 0 aliphatic carbocycles. The number of rotatable bonds is 7. The van der Waals surface area contributed by atoms with E-state index >= 15 is 0 Å². The lowest BCUT2D eigenvalue weighted by Crippen LogP contribution is -2.64. The van der Waals surface area contributed by atoms with E-state index in [4.69, 9.17) is 44.9 Å². The van der Waals surface area contributed by atoms with Crippen LogP contribution in [0.15, 0.2) is 54.6 Å². The molecule has 2 aromatic rings.